The van der Waals surface area contributed by atoms with Gasteiger partial charge < -0.3 is 20.7 Å². The van der Waals surface area contributed by atoms with Crippen molar-refractivity contribution < 1.29 is 4.74 Å². The molecule has 1 aliphatic heterocycles. The maximum absolute atomic E-state index is 9.11. The molecule has 1 atom stereocenters. The Hall–Kier alpha value is -4.36. The fraction of sp³-hybridized carbons (Fsp3) is 0.217. The molecule has 0 spiro atoms. The lowest BCUT2D eigenvalue weighted by Crippen LogP contribution is -2.23. The Bertz CT molecular complexity index is 1350. The van der Waals surface area contributed by atoms with E-state index in [4.69, 9.17) is 20.0 Å². The predicted octanol–water partition coefficient (Wildman–Crippen LogP) is 2.88. The number of nitrogens with zero attached hydrogens (tertiary/aromatic N) is 6. The Labute approximate surface area is 190 Å². The highest BCUT2D eigenvalue weighted by molar-refractivity contribution is 5.95. The number of fused-ring (bicyclic) bond motifs is 1. The zero-order valence-electron chi connectivity index (χ0n) is 17.9. The molecule has 1 fully saturated rings. The number of methoxy groups -OCH3 is 1. The minimum absolute atomic E-state index is 0.266. The quantitative estimate of drug-likeness (QED) is 0.412. The molecule has 10 heteroatoms. The molecular weight excluding hydrogens is 418 g/mol. The van der Waals surface area contributed by atoms with E-state index in [9.17, 15) is 0 Å². The molecule has 5 rings (SSSR count). The number of nitriles is 1. The maximum atomic E-state index is 9.11. The fourth-order valence-corrected chi connectivity index (χ4v) is 3.75. The molecule has 4 aromatic heterocycles. The van der Waals surface area contributed by atoms with Gasteiger partial charge in [-0.25, -0.2) is 19.9 Å². The van der Waals surface area contributed by atoms with Gasteiger partial charge in [-0.1, -0.05) is 0 Å². The first kappa shape index (κ1) is 20.5. The number of rotatable bonds is 6. The first-order valence-electron chi connectivity index (χ1n) is 10.5. The van der Waals surface area contributed by atoms with Crippen molar-refractivity contribution >= 4 is 28.4 Å². The largest absolute Gasteiger partial charge is 0.494 e. The molecule has 0 unspecified atom stereocenters. The predicted molar refractivity (Wildman–Crippen MR) is 124 cm³/mol. The smallest absolute Gasteiger partial charge is 0.162 e. The maximum Gasteiger partial charge on any atom is 0.162 e. The third-order valence-electron chi connectivity index (χ3n) is 5.36. The molecule has 1 aliphatic rings. The van der Waals surface area contributed by atoms with E-state index in [-0.39, 0.29) is 6.04 Å². The number of anilines is 3. The van der Waals surface area contributed by atoms with Gasteiger partial charge in [0.05, 0.1) is 42.0 Å². The molecule has 33 heavy (non-hydrogen) atoms. The third kappa shape index (κ3) is 4.35. The van der Waals surface area contributed by atoms with Gasteiger partial charge in [-0.2, -0.15) is 5.26 Å². The van der Waals surface area contributed by atoms with Crippen molar-refractivity contribution in [1.29, 1.82) is 5.26 Å². The summed E-state index contributed by atoms with van der Waals surface area (Å²) in [7, 11) is 1.61. The Kier molecular flexibility index (Phi) is 5.61. The van der Waals surface area contributed by atoms with Crippen molar-refractivity contribution in [1.82, 2.24) is 30.2 Å². The molecule has 0 aliphatic carbocycles. The van der Waals surface area contributed by atoms with Gasteiger partial charge in [0.1, 0.15) is 23.2 Å². The summed E-state index contributed by atoms with van der Waals surface area (Å²) in [6.45, 7) is 1.83. The normalized spacial score (nSPS) is 15.2. The van der Waals surface area contributed by atoms with Crippen molar-refractivity contribution in [2.75, 3.05) is 30.8 Å². The second kappa shape index (κ2) is 9.02. The lowest BCUT2D eigenvalue weighted by atomic mass is 10.2. The Morgan fingerprint density at radius 2 is 1.97 bits per heavy atom. The van der Waals surface area contributed by atoms with Crippen LogP contribution in [0.25, 0.3) is 22.3 Å². The topological polar surface area (TPSA) is 134 Å². The highest BCUT2D eigenvalue weighted by Crippen LogP contribution is 2.32. The van der Waals surface area contributed by atoms with Crippen LogP contribution in [0.3, 0.4) is 0 Å². The molecule has 164 valence electrons. The molecule has 0 radical (unpaired) electrons. The van der Waals surface area contributed by atoms with Crippen molar-refractivity contribution in [3.63, 3.8) is 0 Å². The van der Waals surface area contributed by atoms with E-state index in [0.29, 0.717) is 40.1 Å². The Morgan fingerprint density at radius 1 is 1.12 bits per heavy atom. The summed E-state index contributed by atoms with van der Waals surface area (Å²) in [5, 5.41) is 19.9. The van der Waals surface area contributed by atoms with Crippen LogP contribution >= 0.6 is 0 Å². The average Bonchev–Trinajstić information content (AvgIpc) is 3.37. The number of hydrogen-bond donors (Lipinski definition) is 3. The van der Waals surface area contributed by atoms with E-state index in [0.717, 1.165) is 30.5 Å². The van der Waals surface area contributed by atoms with Gasteiger partial charge in [-0.3, -0.25) is 4.98 Å². The van der Waals surface area contributed by atoms with Gasteiger partial charge in [0.2, 0.25) is 0 Å². The standard InChI is InChI=1S/C23H21N9O/c1-33-18-13-26-12-17-21(18)23(29-16-4-5-25-11-16)32-22(30-17)15-3-7-28-20(9-15)31-19-8-14(10-24)2-6-27-19/h2-3,6-9,12-13,16,25H,4-5,11H2,1H3,(H,27,28,31)(H,29,30,32)/t16-/m1/s1. The molecule has 1 saturated heterocycles. The van der Waals surface area contributed by atoms with Crippen molar-refractivity contribution in [2.45, 2.75) is 12.5 Å². The lowest BCUT2D eigenvalue weighted by Gasteiger charge is -2.16. The fourth-order valence-electron chi connectivity index (χ4n) is 3.75. The van der Waals surface area contributed by atoms with E-state index in [1.54, 1.807) is 44.0 Å². The highest BCUT2D eigenvalue weighted by atomic mass is 16.5. The Morgan fingerprint density at radius 3 is 2.76 bits per heavy atom. The third-order valence-corrected chi connectivity index (χ3v) is 5.36. The van der Waals surface area contributed by atoms with E-state index >= 15 is 0 Å². The Balaban J connectivity index is 1.54. The van der Waals surface area contributed by atoms with E-state index in [1.807, 2.05) is 12.1 Å². The SMILES string of the molecule is COc1cncc2nc(-c3ccnc(Nc4cc(C#N)ccn4)c3)nc(N[C@@H]3CCNC3)c12. The van der Waals surface area contributed by atoms with E-state index < -0.39 is 0 Å². The molecule has 5 heterocycles. The zero-order valence-corrected chi connectivity index (χ0v) is 17.9. The molecular formula is C23H21N9O. The minimum atomic E-state index is 0.266. The second-order valence-corrected chi connectivity index (χ2v) is 7.56. The van der Waals surface area contributed by atoms with Gasteiger partial charge in [-0.05, 0) is 37.2 Å². The van der Waals surface area contributed by atoms with Crippen LogP contribution in [0.5, 0.6) is 5.75 Å². The van der Waals surface area contributed by atoms with Gasteiger partial charge >= 0.3 is 0 Å². The van der Waals surface area contributed by atoms with Crippen LogP contribution in [-0.4, -0.2) is 51.2 Å². The molecule has 4 aromatic rings. The summed E-state index contributed by atoms with van der Waals surface area (Å²) in [4.78, 5) is 22.5. The van der Waals surface area contributed by atoms with Crippen LogP contribution in [0.1, 0.15) is 12.0 Å². The molecule has 0 bridgehead atoms. The van der Waals surface area contributed by atoms with Crippen molar-refractivity contribution in [3.8, 4) is 23.2 Å². The van der Waals surface area contributed by atoms with Crippen LogP contribution in [0, 0.1) is 11.3 Å². The zero-order chi connectivity index (χ0) is 22.6. The monoisotopic (exact) mass is 439 g/mol. The summed E-state index contributed by atoms with van der Waals surface area (Å²) >= 11 is 0. The summed E-state index contributed by atoms with van der Waals surface area (Å²) in [6, 6.07) is 9.37. The number of nitrogens with one attached hydrogen (secondary N) is 3. The average molecular weight is 439 g/mol. The molecule has 3 N–H and O–H groups in total. The number of ether oxygens (including phenoxy) is 1. The number of hydrogen-bond acceptors (Lipinski definition) is 10. The molecule has 0 aromatic carbocycles. The van der Waals surface area contributed by atoms with Gasteiger partial charge in [0.15, 0.2) is 5.82 Å². The van der Waals surface area contributed by atoms with Crippen LogP contribution in [0.15, 0.2) is 49.1 Å². The first-order chi connectivity index (χ1) is 16.2. The first-order valence-corrected chi connectivity index (χ1v) is 10.5. The number of aromatic nitrogens is 5. The van der Waals surface area contributed by atoms with E-state index in [1.165, 1.54) is 0 Å². The van der Waals surface area contributed by atoms with Crippen LogP contribution in [0.2, 0.25) is 0 Å². The van der Waals surface area contributed by atoms with Gasteiger partial charge in [0, 0.05) is 30.5 Å². The lowest BCUT2D eigenvalue weighted by molar-refractivity contribution is 0.418. The summed E-state index contributed by atoms with van der Waals surface area (Å²) in [6.07, 6.45) is 7.63. The summed E-state index contributed by atoms with van der Waals surface area (Å²) < 4.78 is 5.53. The van der Waals surface area contributed by atoms with E-state index in [2.05, 4.69) is 37.0 Å². The van der Waals surface area contributed by atoms with Gasteiger partial charge in [-0.15, -0.1) is 0 Å². The van der Waals surface area contributed by atoms with Crippen LogP contribution in [0.4, 0.5) is 17.5 Å². The second-order valence-electron chi connectivity index (χ2n) is 7.56. The van der Waals surface area contributed by atoms with Crippen LogP contribution < -0.4 is 20.7 Å². The molecule has 10 nitrogen and oxygen atoms in total. The van der Waals surface area contributed by atoms with Crippen LogP contribution in [-0.2, 0) is 0 Å². The minimum Gasteiger partial charge on any atom is -0.494 e. The van der Waals surface area contributed by atoms with Crippen molar-refractivity contribution in [3.05, 3.63) is 54.6 Å². The molecule has 0 amide bonds. The summed E-state index contributed by atoms with van der Waals surface area (Å²) in [5.41, 5.74) is 1.98. The van der Waals surface area contributed by atoms with Crippen molar-refractivity contribution in [2.24, 2.45) is 0 Å². The summed E-state index contributed by atoms with van der Waals surface area (Å²) in [5.74, 6) is 2.96. The molecule has 0 saturated carbocycles. The number of pyridine rings is 3. The highest BCUT2D eigenvalue weighted by Gasteiger charge is 2.20. The van der Waals surface area contributed by atoms with Gasteiger partial charge in [0.25, 0.3) is 0 Å².